The first kappa shape index (κ1) is 13.9. The van der Waals surface area contributed by atoms with Gasteiger partial charge in [-0.05, 0) is 44.1 Å². The Morgan fingerprint density at radius 1 is 1.15 bits per heavy atom. The van der Waals surface area contributed by atoms with Gasteiger partial charge in [-0.3, -0.25) is 4.98 Å². The van der Waals surface area contributed by atoms with Crippen LogP contribution >= 0.6 is 0 Å². The Kier molecular flexibility index (Phi) is 3.97. The van der Waals surface area contributed by atoms with E-state index in [2.05, 4.69) is 22.9 Å². The van der Waals surface area contributed by atoms with Crippen LogP contribution in [0.15, 0.2) is 12.3 Å². The van der Waals surface area contributed by atoms with Gasteiger partial charge in [-0.1, -0.05) is 19.3 Å². The van der Waals surface area contributed by atoms with E-state index in [0.29, 0.717) is 12.0 Å². The maximum atomic E-state index is 5.88. The Hall–Kier alpha value is -1.09. The average Bonchev–Trinajstić information content (AvgIpc) is 2.49. The van der Waals surface area contributed by atoms with Crippen LogP contribution in [0.5, 0.6) is 0 Å². The van der Waals surface area contributed by atoms with Crippen molar-refractivity contribution in [1.82, 2.24) is 4.98 Å². The lowest BCUT2D eigenvalue weighted by molar-refractivity contribution is 0.144. The molecule has 0 radical (unpaired) electrons. The third kappa shape index (κ3) is 2.69. The molecule has 2 aliphatic rings. The van der Waals surface area contributed by atoms with E-state index in [-0.39, 0.29) is 0 Å². The Labute approximate surface area is 122 Å². The molecular formula is C17H27N3. The van der Waals surface area contributed by atoms with Crippen LogP contribution in [-0.4, -0.2) is 18.1 Å². The summed E-state index contributed by atoms with van der Waals surface area (Å²) >= 11 is 0. The first-order chi connectivity index (χ1) is 9.72. The molecule has 2 N–H and O–H groups in total. The van der Waals surface area contributed by atoms with Gasteiger partial charge in [0.1, 0.15) is 0 Å². The van der Waals surface area contributed by atoms with Crippen LogP contribution in [0.4, 0.5) is 5.69 Å². The summed E-state index contributed by atoms with van der Waals surface area (Å²) in [6.45, 7) is 5.04. The predicted molar refractivity (Wildman–Crippen MR) is 83.8 cm³/mol. The Balaban J connectivity index is 1.73. The fourth-order valence-corrected chi connectivity index (χ4v) is 4.05. The molecule has 3 nitrogen and oxygen atoms in total. The van der Waals surface area contributed by atoms with Crippen LogP contribution in [0.1, 0.15) is 56.2 Å². The third-order valence-corrected chi connectivity index (χ3v) is 5.40. The number of anilines is 1. The van der Waals surface area contributed by atoms with Crippen molar-refractivity contribution < 1.29 is 0 Å². The summed E-state index contributed by atoms with van der Waals surface area (Å²) in [7, 11) is 0. The van der Waals surface area contributed by atoms with Gasteiger partial charge in [-0.15, -0.1) is 0 Å². The summed E-state index contributed by atoms with van der Waals surface area (Å²) in [6, 6.07) is 2.21. The van der Waals surface area contributed by atoms with Crippen LogP contribution in [0.2, 0.25) is 0 Å². The second-order valence-electron chi connectivity index (χ2n) is 6.71. The van der Waals surface area contributed by atoms with Crippen molar-refractivity contribution in [3.05, 3.63) is 23.5 Å². The summed E-state index contributed by atoms with van der Waals surface area (Å²) < 4.78 is 0. The number of aryl methyl sites for hydroxylation is 1. The highest BCUT2D eigenvalue weighted by molar-refractivity contribution is 5.54. The zero-order valence-corrected chi connectivity index (χ0v) is 12.7. The number of rotatable bonds is 2. The second kappa shape index (κ2) is 5.72. The molecule has 2 heterocycles. The van der Waals surface area contributed by atoms with E-state index in [0.717, 1.165) is 5.69 Å². The highest BCUT2D eigenvalue weighted by Gasteiger charge is 2.35. The number of pyridine rings is 1. The van der Waals surface area contributed by atoms with Gasteiger partial charge in [0.2, 0.25) is 0 Å². The molecule has 1 spiro atoms. The molecule has 3 rings (SSSR count). The van der Waals surface area contributed by atoms with Crippen molar-refractivity contribution in [1.29, 1.82) is 0 Å². The Bertz CT molecular complexity index is 453. The topological polar surface area (TPSA) is 42.1 Å². The van der Waals surface area contributed by atoms with Gasteiger partial charge in [0.05, 0.1) is 0 Å². The van der Waals surface area contributed by atoms with E-state index in [9.17, 15) is 0 Å². The minimum Gasteiger partial charge on any atom is -0.371 e. The molecular weight excluding hydrogens is 246 g/mol. The zero-order chi connectivity index (χ0) is 14.0. The fraction of sp³-hybridized carbons (Fsp3) is 0.706. The molecule has 0 amide bonds. The van der Waals surface area contributed by atoms with E-state index in [4.69, 9.17) is 5.73 Å². The van der Waals surface area contributed by atoms with E-state index < -0.39 is 0 Å². The van der Waals surface area contributed by atoms with Crippen LogP contribution < -0.4 is 10.6 Å². The van der Waals surface area contributed by atoms with Crippen molar-refractivity contribution >= 4 is 5.69 Å². The van der Waals surface area contributed by atoms with Gasteiger partial charge in [0, 0.05) is 42.8 Å². The molecule has 1 aliphatic heterocycles. The maximum absolute atomic E-state index is 5.88. The average molecular weight is 273 g/mol. The standard InChI is InChI=1S/C17H27N3/c1-14-11-16(15(12-18)13-19-14)20-9-7-17(8-10-20)5-3-2-4-6-17/h11,13H,2-10,12,18H2,1H3. The molecule has 1 aromatic rings. The summed E-state index contributed by atoms with van der Waals surface area (Å²) in [5, 5.41) is 0. The van der Waals surface area contributed by atoms with Crippen LogP contribution in [0, 0.1) is 12.3 Å². The molecule has 1 saturated carbocycles. The molecule has 20 heavy (non-hydrogen) atoms. The van der Waals surface area contributed by atoms with Crippen molar-refractivity contribution in [3.8, 4) is 0 Å². The van der Waals surface area contributed by atoms with Crippen LogP contribution in [0.25, 0.3) is 0 Å². The summed E-state index contributed by atoms with van der Waals surface area (Å²) in [5.41, 5.74) is 10.2. The highest BCUT2D eigenvalue weighted by Crippen LogP contribution is 2.45. The maximum Gasteiger partial charge on any atom is 0.0445 e. The monoisotopic (exact) mass is 273 g/mol. The van der Waals surface area contributed by atoms with Crippen molar-refractivity contribution in [2.24, 2.45) is 11.1 Å². The van der Waals surface area contributed by atoms with Gasteiger partial charge in [-0.2, -0.15) is 0 Å². The molecule has 0 atom stereocenters. The SMILES string of the molecule is Cc1cc(N2CCC3(CCCCC3)CC2)c(CN)cn1. The van der Waals surface area contributed by atoms with Crippen molar-refractivity contribution in [3.63, 3.8) is 0 Å². The van der Waals surface area contributed by atoms with Gasteiger partial charge in [-0.25, -0.2) is 0 Å². The van der Waals surface area contributed by atoms with Gasteiger partial charge < -0.3 is 10.6 Å². The van der Waals surface area contributed by atoms with Crippen LogP contribution in [0.3, 0.4) is 0 Å². The normalized spacial score (nSPS) is 22.2. The first-order valence-corrected chi connectivity index (χ1v) is 8.13. The molecule has 0 bridgehead atoms. The van der Waals surface area contributed by atoms with Gasteiger partial charge in [0.15, 0.2) is 0 Å². The smallest absolute Gasteiger partial charge is 0.0445 e. The molecule has 0 aromatic carbocycles. The molecule has 0 unspecified atom stereocenters. The summed E-state index contributed by atoms with van der Waals surface area (Å²) in [5.74, 6) is 0. The molecule has 2 fully saturated rings. The fourth-order valence-electron chi connectivity index (χ4n) is 4.05. The molecule has 1 saturated heterocycles. The summed E-state index contributed by atoms with van der Waals surface area (Å²) in [6.07, 6.45) is 11.9. The van der Waals surface area contributed by atoms with E-state index in [1.807, 2.05) is 6.20 Å². The minimum absolute atomic E-state index is 0.588. The van der Waals surface area contributed by atoms with E-state index >= 15 is 0 Å². The van der Waals surface area contributed by atoms with Crippen molar-refractivity contribution in [2.45, 2.75) is 58.4 Å². The van der Waals surface area contributed by atoms with Gasteiger partial charge >= 0.3 is 0 Å². The van der Waals surface area contributed by atoms with E-state index in [1.165, 1.54) is 69.3 Å². The lowest BCUT2D eigenvalue weighted by atomic mass is 9.68. The molecule has 3 heteroatoms. The summed E-state index contributed by atoms with van der Waals surface area (Å²) in [4.78, 5) is 6.92. The predicted octanol–water partition coefficient (Wildman–Crippen LogP) is 3.40. The van der Waals surface area contributed by atoms with E-state index in [1.54, 1.807) is 0 Å². The number of aromatic nitrogens is 1. The number of hydrogen-bond donors (Lipinski definition) is 1. The largest absolute Gasteiger partial charge is 0.371 e. The Morgan fingerprint density at radius 3 is 2.50 bits per heavy atom. The highest BCUT2D eigenvalue weighted by atomic mass is 15.1. The molecule has 1 aliphatic carbocycles. The quantitative estimate of drug-likeness (QED) is 0.898. The Morgan fingerprint density at radius 2 is 1.85 bits per heavy atom. The van der Waals surface area contributed by atoms with Gasteiger partial charge in [0.25, 0.3) is 0 Å². The number of piperidine rings is 1. The lowest BCUT2D eigenvalue weighted by Gasteiger charge is -2.45. The first-order valence-electron chi connectivity index (χ1n) is 8.13. The number of nitrogens with zero attached hydrogens (tertiary/aromatic N) is 2. The second-order valence-corrected chi connectivity index (χ2v) is 6.71. The lowest BCUT2D eigenvalue weighted by Crippen LogP contribution is -2.41. The number of hydrogen-bond acceptors (Lipinski definition) is 3. The zero-order valence-electron chi connectivity index (χ0n) is 12.7. The minimum atomic E-state index is 0.588. The molecule has 110 valence electrons. The van der Waals surface area contributed by atoms with Crippen molar-refractivity contribution in [2.75, 3.05) is 18.0 Å². The number of nitrogens with two attached hydrogens (primary N) is 1. The third-order valence-electron chi connectivity index (χ3n) is 5.40. The van der Waals surface area contributed by atoms with Crippen LogP contribution in [-0.2, 0) is 6.54 Å². The molecule has 1 aromatic heterocycles.